The predicted molar refractivity (Wildman–Crippen MR) is 72.3 cm³/mol. The summed E-state index contributed by atoms with van der Waals surface area (Å²) in [6, 6.07) is 3.08. The van der Waals surface area contributed by atoms with E-state index in [1.54, 1.807) is 13.8 Å². The molecule has 0 aliphatic heterocycles. The van der Waals surface area contributed by atoms with Crippen LogP contribution in [0, 0.1) is 11.6 Å². The fraction of sp³-hybridized carbons (Fsp3) is 0.500. The molecule has 0 heterocycles. The third kappa shape index (κ3) is 4.16. The van der Waals surface area contributed by atoms with Gasteiger partial charge < -0.3 is 15.8 Å². The smallest absolute Gasteiger partial charge is 0.237 e. The number of likely N-dealkylation sites (N-methyl/N-ethyl adjacent to an activating group) is 1. The molecule has 1 aromatic carbocycles. The summed E-state index contributed by atoms with van der Waals surface area (Å²) in [5.74, 6) is -2.00. The molecule has 6 heteroatoms. The number of carbonyl (C=O) groups excluding carboxylic acids is 1. The van der Waals surface area contributed by atoms with E-state index in [9.17, 15) is 13.6 Å². The summed E-state index contributed by atoms with van der Waals surface area (Å²) in [5.41, 5.74) is 4.43. The van der Waals surface area contributed by atoms with E-state index < -0.39 is 29.2 Å². The van der Waals surface area contributed by atoms with Gasteiger partial charge in [-0.3, -0.25) is 4.79 Å². The van der Waals surface area contributed by atoms with Gasteiger partial charge in [0.15, 0.2) is 11.6 Å². The lowest BCUT2D eigenvalue weighted by Crippen LogP contribution is -2.55. The van der Waals surface area contributed by atoms with Gasteiger partial charge in [0.2, 0.25) is 5.91 Å². The zero-order valence-corrected chi connectivity index (χ0v) is 11.9. The zero-order chi connectivity index (χ0) is 15.3. The van der Waals surface area contributed by atoms with Gasteiger partial charge in [-0.2, -0.15) is 0 Å². The summed E-state index contributed by atoms with van der Waals surface area (Å²) in [7, 11) is 0. The second-order valence-electron chi connectivity index (χ2n) is 4.93. The fourth-order valence-electron chi connectivity index (χ4n) is 2.05. The molecule has 3 N–H and O–H groups in total. The first-order valence-corrected chi connectivity index (χ1v) is 6.45. The molecule has 4 nitrogen and oxygen atoms in total. The monoisotopic (exact) mass is 286 g/mol. The molecule has 0 aromatic heterocycles. The molecule has 112 valence electrons. The van der Waals surface area contributed by atoms with E-state index in [1.807, 2.05) is 6.92 Å². The van der Waals surface area contributed by atoms with Crippen LogP contribution in [0.2, 0.25) is 0 Å². The van der Waals surface area contributed by atoms with Crippen LogP contribution in [0.25, 0.3) is 0 Å². The molecule has 0 aliphatic carbocycles. The number of hydrogen-bond donors (Lipinski definition) is 2. The van der Waals surface area contributed by atoms with E-state index in [2.05, 4.69) is 5.32 Å². The molecule has 2 unspecified atom stereocenters. The lowest BCUT2D eigenvalue weighted by atomic mass is 9.94. The Bertz CT molecular complexity index is 482. The average Bonchev–Trinajstić information content (AvgIpc) is 2.32. The first-order valence-electron chi connectivity index (χ1n) is 6.45. The topological polar surface area (TPSA) is 64.3 Å². The van der Waals surface area contributed by atoms with Crippen molar-refractivity contribution in [2.75, 3.05) is 6.54 Å². The van der Waals surface area contributed by atoms with E-state index in [-0.39, 0.29) is 12.2 Å². The molecule has 0 spiro atoms. The van der Waals surface area contributed by atoms with Crippen molar-refractivity contribution in [1.29, 1.82) is 0 Å². The number of ether oxygens (including phenoxy) is 1. The molecular weight excluding hydrogens is 266 g/mol. The Kier molecular flexibility index (Phi) is 5.44. The van der Waals surface area contributed by atoms with Crippen molar-refractivity contribution in [1.82, 2.24) is 5.32 Å². The molecule has 2 atom stereocenters. The van der Waals surface area contributed by atoms with Crippen LogP contribution < -0.4 is 15.8 Å². The van der Waals surface area contributed by atoms with Crippen molar-refractivity contribution in [2.24, 2.45) is 5.73 Å². The number of halogens is 2. The fourth-order valence-corrected chi connectivity index (χ4v) is 2.05. The van der Waals surface area contributed by atoms with Crippen molar-refractivity contribution in [3.8, 4) is 5.75 Å². The molecule has 1 amide bonds. The molecule has 20 heavy (non-hydrogen) atoms. The summed E-state index contributed by atoms with van der Waals surface area (Å²) in [6.07, 6.45) is -0.195. The van der Waals surface area contributed by atoms with Crippen LogP contribution >= 0.6 is 0 Å². The quantitative estimate of drug-likeness (QED) is 0.805. The SMILES string of the molecule is CCNC(C)(CC(C)Oc1ccc(F)cc1F)C(N)=O. The van der Waals surface area contributed by atoms with Gasteiger partial charge in [-0.05, 0) is 32.5 Å². The van der Waals surface area contributed by atoms with Gasteiger partial charge in [-0.1, -0.05) is 6.92 Å². The van der Waals surface area contributed by atoms with Gasteiger partial charge in [0, 0.05) is 12.5 Å². The second kappa shape index (κ2) is 6.65. The van der Waals surface area contributed by atoms with E-state index in [0.29, 0.717) is 6.54 Å². The van der Waals surface area contributed by atoms with Gasteiger partial charge in [0.25, 0.3) is 0 Å². The minimum atomic E-state index is -0.940. The van der Waals surface area contributed by atoms with Crippen molar-refractivity contribution >= 4 is 5.91 Å². The second-order valence-corrected chi connectivity index (χ2v) is 4.93. The molecule has 1 rings (SSSR count). The highest BCUT2D eigenvalue weighted by molar-refractivity contribution is 5.84. The number of carbonyl (C=O) groups is 1. The van der Waals surface area contributed by atoms with Crippen LogP contribution in [0.1, 0.15) is 27.2 Å². The standard InChI is InChI=1S/C14H20F2N2O2/c1-4-18-14(3,13(17)19)8-9(2)20-12-6-5-10(15)7-11(12)16/h5-7,9,18H,4,8H2,1-3H3,(H2,17,19). The number of nitrogens with one attached hydrogen (secondary N) is 1. The van der Waals surface area contributed by atoms with E-state index in [0.717, 1.165) is 12.1 Å². The summed E-state index contributed by atoms with van der Waals surface area (Å²) < 4.78 is 31.7. The van der Waals surface area contributed by atoms with Crippen molar-refractivity contribution in [3.63, 3.8) is 0 Å². The molecule has 0 radical (unpaired) electrons. The van der Waals surface area contributed by atoms with Crippen LogP contribution in [-0.4, -0.2) is 24.1 Å². The summed E-state index contributed by atoms with van der Waals surface area (Å²) >= 11 is 0. The van der Waals surface area contributed by atoms with Gasteiger partial charge in [-0.25, -0.2) is 8.78 Å². The van der Waals surface area contributed by atoms with Crippen LogP contribution in [0.4, 0.5) is 8.78 Å². The number of primary amides is 1. The van der Waals surface area contributed by atoms with Crippen molar-refractivity contribution in [2.45, 2.75) is 38.8 Å². The third-order valence-corrected chi connectivity index (χ3v) is 3.03. The summed E-state index contributed by atoms with van der Waals surface area (Å²) in [4.78, 5) is 11.5. The first-order chi connectivity index (χ1) is 9.28. The van der Waals surface area contributed by atoms with Crippen molar-refractivity contribution < 1.29 is 18.3 Å². The zero-order valence-electron chi connectivity index (χ0n) is 11.9. The Labute approximate surface area is 117 Å². The average molecular weight is 286 g/mol. The van der Waals surface area contributed by atoms with Crippen LogP contribution in [0.5, 0.6) is 5.75 Å². The van der Waals surface area contributed by atoms with E-state index in [1.165, 1.54) is 6.07 Å². The summed E-state index contributed by atoms with van der Waals surface area (Å²) in [5, 5.41) is 2.99. The van der Waals surface area contributed by atoms with E-state index >= 15 is 0 Å². The molecule has 0 saturated heterocycles. The van der Waals surface area contributed by atoms with Crippen LogP contribution in [0.15, 0.2) is 18.2 Å². The van der Waals surface area contributed by atoms with Gasteiger partial charge >= 0.3 is 0 Å². The maximum Gasteiger partial charge on any atom is 0.237 e. The lowest BCUT2D eigenvalue weighted by Gasteiger charge is -2.30. The van der Waals surface area contributed by atoms with Gasteiger partial charge in [0.05, 0.1) is 11.6 Å². The normalized spacial score (nSPS) is 15.4. The molecule has 0 saturated carbocycles. The molecule has 1 aromatic rings. The largest absolute Gasteiger partial charge is 0.488 e. The lowest BCUT2D eigenvalue weighted by molar-refractivity contribution is -0.124. The number of amides is 1. The number of rotatable bonds is 7. The Morgan fingerprint density at radius 2 is 2.15 bits per heavy atom. The maximum absolute atomic E-state index is 13.5. The van der Waals surface area contributed by atoms with Crippen molar-refractivity contribution in [3.05, 3.63) is 29.8 Å². The van der Waals surface area contributed by atoms with Gasteiger partial charge in [0.1, 0.15) is 5.82 Å². The Morgan fingerprint density at radius 1 is 1.50 bits per heavy atom. The molecule has 0 bridgehead atoms. The highest BCUT2D eigenvalue weighted by atomic mass is 19.1. The maximum atomic E-state index is 13.5. The number of benzene rings is 1. The Morgan fingerprint density at radius 3 is 2.65 bits per heavy atom. The van der Waals surface area contributed by atoms with Crippen LogP contribution in [0.3, 0.4) is 0 Å². The predicted octanol–water partition coefficient (Wildman–Crippen LogP) is 1.98. The Hall–Kier alpha value is -1.69. The highest BCUT2D eigenvalue weighted by Crippen LogP contribution is 2.22. The third-order valence-electron chi connectivity index (χ3n) is 3.03. The highest BCUT2D eigenvalue weighted by Gasteiger charge is 2.32. The Balaban J connectivity index is 2.75. The molecular formula is C14H20F2N2O2. The minimum absolute atomic E-state index is 0.0535. The number of nitrogens with two attached hydrogens (primary N) is 1. The molecule has 0 aliphatic rings. The van der Waals surface area contributed by atoms with Crippen LogP contribution in [-0.2, 0) is 4.79 Å². The number of hydrogen-bond acceptors (Lipinski definition) is 3. The molecule has 0 fully saturated rings. The van der Waals surface area contributed by atoms with E-state index in [4.69, 9.17) is 10.5 Å². The first kappa shape index (κ1) is 16.4. The summed E-state index contributed by atoms with van der Waals surface area (Å²) in [6.45, 7) is 5.78. The van der Waals surface area contributed by atoms with Gasteiger partial charge in [-0.15, -0.1) is 0 Å². The minimum Gasteiger partial charge on any atom is -0.488 e.